The highest BCUT2D eigenvalue weighted by atomic mass is 16.5. The largest absolute Gasteiger partial charge is 0.378 e. The van der Waals surface area contributed by atoms with Crippen molar-refractivity contribution in [3.63, 3.8) is 0 Å². The van der Waals surface area contributed by atoms with Crippen molar-refractivity contribution in [3.8, 4) is 0 Å². The van der Waals surface area contributed by atoms with E-state index in [9.17, 15) is 4.79 Å². The monoisotopic (exact) mass is 254 g/mol. The second-order valence-electron chi connectivity index (χ2n) is 5.78. The number of rotatable bonds is 4. The molecule has 4 heteroatoms. The van der Waals surface area contributed by atoms with E-state index in [1.54, 1.807) is 0 Å². The average Bonchev–Trinajstić information content (AvgIpc) is 2.26. The molecule has 18 heavy (non-hydrogen) atoms. The van der Waals surface area contributed by atoms with Crippen LogP contribution in [0.4, 0.5) is 0 Å². The van der Waals surface area contributed by atoms with Crippen LogP contribution in [0, 0.1) is 5.92 Å². The van der Waals surface area contributed by atoms with Crippen LogP contribution in [-0.4, -0.2) is 48.7 Å². The van der Waals surface area contributed by atoms with Crippen molar-refractivity contribution in [3.05, 3.63) is 0 Å². The molecule has 2 aliphatic rings. The second-order valence-corrected chi connectivity index (χ2v) is 5.78. The molecule has 1 saturated heterocycles. The van der Waals surface area contributed by atoms with E-state index in [0.717, 1.165) is 32.5 Å². The molecule has 1 aliphatic heterocycles. The van der Waals surface area contributed by atoms with Crippen molar-refractivity contribution in [2.75, 3.05) is 19.7 Å². The molecule has 4 nitrogen and oxygen atoms in total. The molecule has 0 bridgehead atoms. The first-order valence-corrected chi connectivity index (χ1v) is 7.25. The van der Waals surface area contributed by atoms with Crippen LogP contribution < -0.4 is 5.32 Å². The number of carbonyl (C=O) groups excluding carboxylic acids is 1. The molecule has 0 spiro atoms. The third-order valence-electron chi connectivity index (χ3n) is 4.18. The standard InChI is InChI=1S/C14H26N2O2/c1-4-18-13-5-12(6-13)7-14(17)16-10(2)8-15-9-11(16)3/h10-13,15H,4-9H2,1-3H3. The molecule has 0 radical (unpaired) electrons. The summed E-state index contributed by atoms with van der Waals surface area (Å²) >= 11 is 0. The van der Waals surface area contributed by atoms with Crippen LogP contribution in [0.15, 0.2) is 0 Å². The highest BCUT2D eigenvalue weighted by molar-refractivity contribution is 5.77. The molecule has 0 aromatic carbocycles. The zero-order valence-corrected chi connectivity index (χ0v) is 11.8. The van der Waals surface area contributed by atoms with Crippen LogP contribution >= 0.6 is 0 Å². The molecule has 104 valence electrons. The van der Waals surface area contributed by atoms with Gasteiger partial charge in [-0.3, -0.25) is 4.79 Å². The van der Waals surface area contributed by atoms with Crippen molar-refractivity contribution in [2.24, 2.45) is 5.92 Å². The normalized spacial score (nSPS) is 36.3. The molecule has 1 N–H and O–H groups in total. The number of nitrogens with zero attached hydrogens (tertiary/aromatic N) is 1. The summed E-state index contributed by atoms with van der Waals surface area (Å²) in [7, 11) is 0. The molecule has 0 aromatic heterocycles. The van der Waals surface area contributed by atoms with Crippen LogP contribution in [0.3, 0.4) is 0 Å². The second kappa shape index (κ2) is 6.02. The molecule has 1 amide bonds. The summed E-state index contributed by atoms with van der Waals surface area (Å²) in [5, 5.41) is 3.36. The number of hydrogen-bond acceptors (Lipinski definition) is 3. The van der Waals surface area contributed by atoms with Gasteiger partial charge in [0.15, 0.2) is 0 Å². The number of piperazine rings is 1. The summed E-state index contributed by atoms with van der Waals surface area (Å²) in [6.45, 7) is 8.92. The van der Waals surface area contributed by atoms with Crippen LogP contribution in [0.25, 0.3) is 0 Å². The van der Waals surface area contributed by atoms with Crippen molar-refractivity contribution < 1.29 is 9.53 Å². The Morgan fingerprint density at radius 3 is 2.44 bits per heavy atom. The Morgan fingerprint density at radius 1 is 1.28 bits per heavy atom. The fraction of sp³-hybridized carbons (Fsp3) is 0.929. The minimum Gasteiger partial charge on any atom is -0.378 e. The van der Waals surface area contributed by atoms with Gasteiger partial charge in [-0.2, -0.15) is 0 Å². The number of carbonyl (C=O) groups is 1. The van der Waals surface area contributed by atoms with Crippen molar-refractivity contribution in [1.82, 2.24) is 10.2 Å². The number of ether oxygens (including phenoxy) is 1. The SMILES string of the molecule is CCOC1CC(CC(=O)N2C(C)CNCC2C)C1. The van der Waals surface area contributed by atoms with E-state index < -0.39 is 0 Å². The first kappa shape index (κ1) is 13.8. The quantitative estimate of drug-likeness (QED) is 0.824. The summed E-state index contributed by atoms with van der Waals surface area (Å²) in [6, 6.07) is 0.646. The van der Waals surface area contributed by atoms with Gasteiger partial charge in [0, 0.05) is 38.2 Å². The number of nitrogens with one attached hydrogen (secondary N) is 1. The summed E-state index contributed by atoms with van der Waals surface area (Å²) in [5.41, 5.74) is 0. The van der Waals surface area contributed by atoms with Gasteiger partial charge in [0.1, 0.15) is 0 Å². The smallest absolute Gasteiger partial charge is 0.223 e. The van der Waals surface area contributed by atoms with Crippen LogP contribution in [0.1, 0.15) is 40.0 Å². The van der Waals surface area contributed by atoms with Gasteiger partial charge < -0.3 is 15.0 Å². The summed E-state index contributed by atoms with van der Waals surface area (Å²) < 4.78 is 5.54. The molecule has 1 saturated carbocycles. The Labute approximate surface area is 110 Å². The summed E-state index contributed by atoms with van der Waals surface area (Å²) in [5.74, 6) is 0.875. The fourth-order valence-electron chi connectivity index (χ4n) is 3.19. The van der Waals surface area contributed by atoms with E-state index >= 15 is 0 Å². The Morgan fingerprint density at radius 2 is 1.89 bits per heavy atom. The highest BCUT2D eigenvalue weighted by Gasteiger charge is 2.35. The molecule has 0 aromatic rings. The molecule has 1 aliphatic carbocycles. The summed E-state index contributed by atoms with van der Waals surface area (Å²) in [6.07, 6.45) is 3.24. The maximum Gasteiger partial charge on any atom is 0.223 e. The minimum absolute atomic E-state index is 0.323. The first-order chi connectivity index (χ1) is 8.61. The molecule has 2 fully saturated rings. The topological polar surface area (TPSA) is 41.6 Å². The molecule has 1 heterocycles. The van der Waals surface area contributed by atoms with Gasteiger partial charge in [-0.1, -0.05) is 0 Å². The third kappa shape index (κ3) is 3.04. The van der Waals surface area contributed by atoms with E-state index in [1.807, 2.05) is 6.92 Å². The Balaban J connectivity index is 1.78. The lowest BCUT2D eigenvalue weighted by atomic mass is 9.79. The first-order valence-electron chi connectivity index (χ1n) is 7.25. The van der Waals surface area contributed by atoms with Crippen molar-refractivity contribution in [2.45, 2.75) is 58.2 Å². The molecule has 2 rings (SSSR count). The van der Waals surface area contributed by atoms with Crippen LogP contribution in [0.2, 0.25) is 0 Å². The average molecular weight is 254 g/mol. The van der Waals surface area contributed by atoms with Gasteiger partial charge in [-0.15, -0.1) is 0 Å². The number of hydrogen-bond donors (Lipinski definition) is 1. The lowest BCUT2D eigenvalue weighted by Gasteiger charge is -2.42. The van der Waals surface area contributed by atoms with Gasteiger partial charge in [0.2, 0.25) is 5.91 Å². The highest BCUT2D eigenvalue weighted by Crippen LogP contribution is 2.33. The number of amides is 1. The lowest BCUT2D eigenvalue weighted by molar-refractivity contribution is -0.139. The zero-order valence-electron chi connectivity index (χ0n) is 11.8. The minimum atomic E-state index is 0.323. The van der Waals surface area contributed by atoms with Crippen molar-refractivity contribution in [1.29, 1.82) is 0 Å². The zero-order chi connectivity index (χ0) is 13.1. The van der Waals surface area contributed by atoms with Crippen LogP contribution in [0.5, 0.6) is 0 Å². The Kier molecular flexibility index (Phi) is 4.62. The van der Waals surface area contributed by atoms with E-state index in [2.05, 4.69) is 24.1 Å². The van der Waals surface area contributed by atoms with E-state index in [-0.39, 0.29) is 0 Å². The van der Waals surface area contributed by atoms with Crippen molar-refractivity contribution >= 4 is 5.91 Å². The van der Waals surface area contributed by atoms with Gasteiger partial charge in [0.25, 0.3) is 0 Å². The summed E-state index contributed by atoms with van der Waals surface area (Å²) in [4.78, 5) is 14.4. The van der Waals surface area contributed by atoms with E-state index in [1.165, 1.54) is 0 Å². The fourth-order valence-corrected chi connectivity index (χ4v) is 3.19. The predicted molar refractivity (Wildman–Crippen MR) is 71.4 cm³/mol. The molecule has 2 atom stereocenters. The van der Waals surface area contributed by atoms with Gasteiger partial charge in [0.05, 0.1) is 6.10 Å². The van der Waals surface area contributed by atoms with Gasteiger partial charge in [-0.25, -0.2) is 0 Å². The Bertz CT molecular complexity index is 280. The van der Waals surface area contributed by atoms with Crippen LogP contribution in [-0.2, 0) is 9.53 Å². The molecular weight excluding hydrogens is 228 g/mol. The van der Waals surface area contributed by atoms with E-state index in [0.29, 0.717) is 36.4 Å². The Hall–Kier alpha value is -0.610. The van der Waals surface area contributed by atoms with E-state index in [4.69, 9.17) is 4.74 Å². The van der Waals surface area contributed by atoms with Gasteiger partial charge in [-0.05, 0) is 39.5 Å². The maximum atomic E-state index is 12.3. The molecular formula is C14H26N2O2. The third-order valence-corrected chi connectivity index (χ3v) is 4.18. The predicted octanol–water partition coefficient (Wildman–Crippen LogP) is 1.40. The van der Waals surface area contributed by atoms with Gasteiger partial charge >= 0.3 is 0 Å². The molecule has 2 unspecified atom stereocenters. The maximum absolute atomic E-state index is 12.3. The lowest BCUT2D eigenvalue weighted by Crippen LogP contribution is -2.57.